The van der Waals surface area contributed by atoms with E-state index < -0.39 is 21.1 Å². The Labute approximate surface area is 141 Å². The van der Waals surface area contributed by atoms with Crippen molar-refractivity contribution < 1.29 is 22.3 Å². The number of pyridine rings is 1. The van der Waals surface area contributed by atoms with Gasteiger partial charge in [-0.3, -0.25) is 4.72 Å². The zero-order valence-electron chi connectivity index (χ0n) is 13.4. The van der Waals surface area contributed by atoms with Gasteiger partial charge in [0, 0.05) is 12.3 Å². The van der Waals surface area contributed by atoms with Crippen molar-refractivity contribution in [1.82, 2.24) is 24.6 Å². The number of fused-ring (bicyclic) bond motifs is 1. The summed E-state index contributed by atoms with van der Waals surface area (Å²) in [5, 5.41) is 3.24. The molecule has 0 aliphatic heterocycles. The molecule has 132 valence electrons. The highest BCUT2D eigenvalue weighted by molar-refractivity contribution is 7.92. The summed E-state index contributed by atoms with van der Waals surface area (Å²) in [6, 6.07) is 2.31. The number of nitrogens with zero attached hydrogens (tertiary/aromatic N) is 5. The van der Waals surface area contributed by atoms with Crippen LogP contribution in [0.2, 0.25) is 0 Å². The van der Waals surface area contributed by atoms with Gasteiger partial charge in [-0.25, -0.2) is 4.98 Å². The van der Waals surface area contributed by atoms with Crippen LogP contribution in [0.25, 0.3) is 5.65 Å². The van der Waals surface area contributed by atoms with Crippen molar-refractivity contribution in [2.24, 2.45) is 0 Å². The van der Waals surface area contributed by atoms with Crippen molar-refractivity contribution >= 4 is 21.4 Å². The first-order valence-electron chi connectivity index (χ1n) is 6.85. The maximum atomic E-state index is 13.4. The first-order valence-corrected chi connectivity index (χ1v) is 8.33. The number of hydrogen-bond donors (Lipinski definition) is 1. The number of rotatable bonds is 5. The van der Waals surface area contributed by atoms with Gasteiger partial charge in [0.05, 0.1) is 14.2 Å². The summed E-state index contributed by atoms with van der Waals surface area (Å²) in [5.41, 5.74) is 0.671. The lowest BCUT2D eigenvalue weighted by atomic mass is 10.2. The summed E-state index contributed by atoms with van der Waals surface area (Å²) in [4.78, 5) is 11.2. The minimum absolute atomic E-state index is 0.0698. The molecule has 3 heterocycles. The number of hydrogen-bond acceptors (Lipinski definition) is 8. The molecule has 3 rings (SSSR count). The summed E-state index contributed by atoms with van der Waals surface area (Å²) in [6.07, 6.45) is 1.48. The summed E-state index contributed by atoms with van der Waals surface area (Å²) < 4.78 is 51.8. The van der Waals surface area contributed by atoms with Gasteiger partial charge in [-0.05, 0) is 18.6 Å². The van der Waals surface area contributed by atoms with E-state index in [4.69, 9.17) is 9.47 Å². The second kappa shape index (κ2) is 6.12. The molecule has 0 bridgehead atoms. The number of sulfonamides is 1. The van der Waals surface area contributed by atoms with Crippen LogP contribution in [-0.4, -0.2) is 47.2 Å². The quantitative estimate of drug-likeness (QED) is 0.656. The Morgan fingerprint density at radius 2 is 2.00 bits per heavy atom. The van der Waals surface area contributed by atoms with Gasteiger partial charge >= 0.3 is 6.01 Å². The van der Waals surface area contributed by atoms with Gasteiger partial charge in [-0.1, -0.05) is 0 Å². The molecule has 25 heavy (non-hydrogen) atoms. The van der Waals surface area contributed by atoms with E-state index in [9.17, 15) is 12.8 Å². The summed E-state index contributed by atoms with van der Waals surface area (Å²) in [7, 11) is -1.57. The van der Waals surface area contributed by atoms with Crippen molar-refractivity contribution in [2.75, 3.05) is 18.9 Å². The lowest BCUT2D eigenvalue weighted by Crippen LogP contribution is -2.16. The molecule has 0 spiro atoms. The first-order chi connectivity index (χ1) is 11.9. The molecule has 10 nitrogen and oxygen atoms in total. The van der Waals surface area contributed by atoms with Crippen LogP contribution in [0.15, 0.2) is 23.5 Å². The largest absolute Gasteiger partial charge is 0.479 e. The van der Waals surface area contributed by atoms with E-state index in [-0.39, 0.29) is 23.2 Å². The number of halogens is 1. The number of ether oxygens (including phenoxy) is 2. The van der Waals surface area contributed by atoms with Gasteiger partial charge in [0.15, 0.2) is 5.65 Å². The van der Waals surface area contributed by atoms with Gasteiger partial charge in [-0.2, -0.15) is 27.3 Å². The van der Waals surface area contributed by atoms with Crippen molar-refractivity contribution in [3.8, 4) is 11.9 Å². The van der Waals surface area contributed by atoms with Crippen molar-refractivity contribution in [3.63, 3.8) is 0 Å². The second-order valence-electron chi connectivity index (χ2n) is 4.85. The fraction of sp³-hybridized carbons (Fsp3) is 0.231. The Hall–Kier alpha value is -3.02. The topological polar surface area (TPSA) is 121 Å². The Balaban J connectivity index is 2.08. The third-order valence-corrected chi connectivity index (χ3v) is 4.35. The molecular formula is C13H13FN6O4S. The number of aryl methyl sites for hydroxylation is 1. The Kier molecular flexibility index (Phi) is 4.12. The Bertz CT molecular complexity index is 1050. The maximum Gasteiger partial charge on any atom is 0.322 e. The number of methoxy groups -OCH3 is 2. The van der Waals surface area contributed by atoms with E-state index in [1.54, 1.807) is 13.0 Å². The molecule has 3 aromatic heterocycles. The van der Waals surface area contributed by atoms with Crippen LogP contribution in [0.3, 0.4) is 0 Å². The van der Waals surface area contributed by atoms with Crippen LogP contribution < -0.4 is 14.2 Å². The van der Waals surface area contributed by atoms with Gasteiger partial charge < -0.3 is 9.47 Å². The van der Waals surface area contributed by atoms with Gasteiger partial charge in [0.1, 0.15) is 5.69 Å². The molecule has 12 heteroatoms. The van der Waals surface area contributed by atoms with Crippen LogP contribution in [0.1, 0.15) is 5.56 Å². The van der Waals surface area contributed by atoms with Crippen LogP contribution in [0, 0.1) is 12.9 Å². The van der Waals surface area contributed by atoms with E-state index in [0.29, 0.717) is 5.56 Å². The van der Waals surface area contributed by atoms with Crippen molar-refractivity contribution in [1.29, 1.82) is 0 Å². The minimum atomic E-state index is -4.19. The minimum Gasteiger partial charge on any atom is -0.479 e. The molecule has 0 unspecified atom stereocenters. The van der Waals surface area contributed by atoms with Crippen LogP contribution in [0.4, 0.5) is 10.1 Å². The molecular weight excluding hydrogens is 355 g/mol. The zero-order valence-corrected chi connectivity index (χ0v) is 14.2. The Morgan fingerprint density at radius 3 is 2.68 bits per heavy atom. The highest BCUT2D eigenvalue weighted by Crippen LogP contribution is 2.27. The molecule has 0 amide bonds. The number of aromatic nitrogens is 5. The molecule has 3 aromatic rings. The van der Waals surface area contributed by atoms with Crippen molar-refractivity contribution in [3.05, 3.63) is 29.8 Å². The standard InChI is InChI=1S/C13H13FN6O4S/c1-7-4-5-15-11(23-2)10(7)19-25(21,22)12-17-9-6-8(14)16-13(24-3)20(9)18-12/h4-6,19H,1-3H3. The van der Waals surface area contributed by atoms with E-state index in [0.717, 1.165) is 10.6 Å². The molecule has 0 aliphatic rings. The van der Waals surface area contributed by atoms with Crippen LogP contribution in [-0.2, 0) is 10.0 Å². The third-order valence-electron chi connectivity index (χ3n) is 3.22. The fourth-order valence-electron chi connectivity index (χ4n) is 2.05. The lowest BCUT2D eigenvalue weighted by molar-refractivity contribution is 0.356. The van der Waals surface area contributed by atoms with Gasteiger partial charge in [0.2, 0.25) is 11.8 Å². The van der Waals surface area contributed by atoms with E-state index in [1.165, 1.54) is 20.4 Å². The predicted octanol–water partition coefficient (Wildman–Crippen LogP) is 0.785. The number of nitrogens with one attached hydrogen (secondary N) is 1. The third kappa shape index (κ3) is 3.03. The Morgan fingerprint density at radius 1 is 1.24 bits per heavy atom. The average Bonchev–Trinajstić information content (AvgIpc) is 3.00. The molecule has 1 N–H and O–H groups in total. The lowest BCUT2D eigenvalue weighted by Gasteiger charge is -2.11. The molecule has 0 saturated heterocycles. The fourth-order valence-corrected chi connectivity index (χ4v) is 3.07. The van der Waals surface area contributed by atoms with Gasteiger partial charge in [-0.15, -0.1) is 5.10 Å². The molecule has 0 radical (unpaired) electrons. The first kappa shape index (κ1) is 16.8. The normalized spacial score (nSPS) is 11.5. The zero-order chi connectivity index (χ0) is 18.2. The van der Waals surface area contributed by atoms with E-state index in [2.05, 4.69) is 24.8 Å². The SMILES string of the molecule is COc1nccc(C)c1NS(=O)(=O)c1nc2cc(F)nc(OC)n2n1. The van der Waals surface area contributed by atoms with Gasteiger partial charge in [0.25, 0.3) is 15.2 Å². The van der Waals surface area contributed by atoms with Crippen LogP contribution in [0.5, 0.6) is 11.9 Å². The maximum absolute atomic E-state index is 13.4. The highest BCUT2D eigenvalue weighted by atomic mass is 32.2. The van der Waals surface area contributed by atoms with E-state index in [1.807, 2.05) is 0 Å². The molecule has 0 saturated carbocycles. The molecule has 0 aromatic carbocycles. The van der Waals surface area contributed by atoms with Crippen LogP contribution >= 0.6 is 0 Å². The predicted molar refractivity (Wildman–Crippen MR) is 83.6 cm³/mol. The molecule has 0 fully saturated rings. The summed E-state index contributed by atoms with van der Waals surface area (Å²) in [5.74, 6) is -0.781. The second-order valence-corrected chi connectivity index (χ2v) is 6.42. The summed E-state index contributed by atoms with van der Waals surface area (Å²) >= 11 is 0. The molecule has 0 atom stereocenters. The average molecular weight is 368 g/mol. The summed E-state index contributed by atoms with van der Waals surface area (Å²) in [6.45, 7) is 1.68. The number of anilines is 1. The smallest absolute Gasteiger partial charge is 0.322 e. The molecule has 0 aliphatic carbocycles. The van der Waals surface area contributed by atoms with E-state index >= 15 is 0 Å². The highest BCUT2D eigenvalue weighted by Gasteiger charge is 2.25. The van der Waals surface area contributed by atoms with Crippen molar-refractivity contribution in [2.45, 2.75) is 12.1 Å². The monoisotopic (exact) mass is 368 g/mol.